The second-order valence-corrected chi connectivity index (χ2v) is 13.0. The number of aliphatic carboxylic acids is 1. The first-order chi connectivity index (χ1) is 20.0. The minimum atomic E-state index is -3.88. The molecule has 2 N–H and O–H groups in total. The van der Waals surface area contributed by atoms with Crippen molar-refractivity contribution in [2.75, 3.05) is 37.5 Å². The monoisotopic (exact) mass is 594 g/mol. The molecule has 0 saturated heterocycles. The van der Waals surface area contributed by atoms with E-state index in [1.807, 2.05) is 51.2 Å². The fourth-order valence-electron chi connectivity index (χ4n) is 5.84. The average Bonchev–Trinajstić information content (AvgIpc) is 3.04. The van der Waals surface area contributed by atoms with Gasteiger partial charge in [0.2, 0.25) is 15.9 Å². The number of aromatic nitrogens is 1. The Hall–Kier alpha value is -3.83. The minimum Gasteiger partial charge on any atom is -0.494 e. The molecule has 10 nitrogen and oxygen atoms in total. The van der Waals surface area contributed by atoms with Crippen LogP contribution in [0.25, 0.3) is 0 Å². The predicted molar refractivity (Wildman–Crippen MR) is 161 cm³/mol. The molecule has 3 aromatic rings. The van der Waals surface area contributed by atoms with Crippen molar-refractivity contribution < 1.29 is 27.8 Å². The number of fused-ring (bicyclic) bond motifs is 2. The first-order valence-corrected chi connectivity index (χ1v) is 15.6. The molecule has 0 radical (unpaired) electrons. The summed E-state index contributed by atoms with van der Waals surface area (Å²) in [5.41, 5.74) is 5.15. The van der Waals surface area contributed by atoms with Crippen LogP contribution in [0, 0.1) is 6.92 Å². The topological polar surface area (TPSA) is 121 Å². The van der Waals surface area contributed by atoms with Crippen molar-refractivity contribution in [3.05, 3.63) is 70.9 Å². The summed E-state index contributed by atoms with van der Waals surface area (Å²) in [5.74, 6) is -0.638. The molecule has 3 unspecified atom stereocenters. The normalized spacial score (nSPS) is 20.4. The van der Waals surface area contributed by atoms with Crippen LogP contribution >= 0.6 is 0 Å². The fraction of sp³-hybridized carbons (Fsp3) is 0.419. The quantitative estimate of drug-likeness (QED) is 0.385. The number of benzene rings is 2. The fourth-order valence-corrected chi connectivity index (χ4v) is 7.41. The summed E-state index contributed by atoms with van der Waals surface area (Å²) >= 11 is 0. The van der Waals surface area contributed by atoms with Crippen LogP contribution in [-0.4, -0.2) is 68.2 Å². The summed E-state index contributed by atoms with van der Waals surface area (Å²) in [4.78, 5) is 18.5. The molecule has 0 spiro atoms. The number of carboxylic acids is 1. The maximum atomic E-state index is 13.7. The number of nitrogens with one attached hydrogen (secondary N) is 1. The Morgan fingerprint density at radius 1 is 1.21 bits per heavy atom. The van der Waals surface area contributed by atoms with Crippen molar-refractivity contribution >= 4 is 27.4 Å². The number of aryl methyl sites for hydroxylation is 1. The maximum absolute atomic E-state index is 13.7. The highest BCUT2D eigenvalue weighted by molar-refractivity contribution is 7.89. The molecule has 2 aromatic carbocycles. The maximum Gasteiger partial charge on any atom is 0.304 e. The van der Waals surface area contributed by atoms with Gasteiger partial charge in [0.25, 0.3) is 0 Å². The van der Waals surface area contributed by atoms with Crippen molar-refractivity contribution in [1.29, 1.82) is 0 Å². The summed E-state index contributed by atoms with van der Waals surface area (Å²) in [6, 6.07) is 13.1. The number of rotatable bonds is 8. The van der Waals surface area contributed by atoms with E-state index in [-0.39, 0.29) is 36.3 Å². The van der Waals surface area contributed by atoms with Crippen LogP contribution < -0.4 is 19.7 Å². The van der Waals surface area contributed by atoms with Gasteiger partial charge in [0.05, 0.1) is 25.8 Å². The summed E-state index contributed by atoms with van der Waals surface area (Å²) in [6.45, 7) is 6.98. The van der Waals surface area contributed by atoms with Crippen LogP contribution in [0.5, 0.6) is 11.6 Å². The zero-order valence-electron chi connectivity index (χ0n) is 24.6. The lowest BCUT2D eigenvalue weighted by molar-refractivity contribution is -0.137. The van der Waals surface area contributed by atoms with Gasteiger partial charge in [-0.25, -0.2) is 13.4 Å². The number of nitrogens with zero attached hydrogens (tertiary/aromatic N) is 3. The van der Waals surface area contributed by atoms with Crippen molar-refractivity contribution in [1.82, 2.24) is 9.29 Å². The number of carboxylic acid groups (broad SMARTS) is 1. The molecule has 0 bridgehead atoms. The van der Waals surface area contributed by atoms with Gasteiger partial charge >= 0.3 is 5.97 Å². The van der Waals surface area contributed by atoms with E-state index in [1.165, 1.54) is 16.6 Å². The second-order valence-electron chi connectivity index (χ2n) is 11.1. The number of anilines is 2. The van der Waals surface area contributed by atoms with Crippen LogP contribution in [0.1, 0.15) is 54.9 Å². The van der Waals surface area contributed by atoms with Crippen LogP contribution in [0.15, 0.2) is 53.6 Å². The Labute approximate surface area is 247 Å². The van der Waals surface area contributed by atoms with Crippen molar-refractivity contribution in [2.45, 2.75) is 63.1 Å². The standard InChI is InChI=1S/C31H38N4O6S/c1-6-24-18-34(4)30-26(33-24)13-22(14-27(30)40-5)25(15-29(36)37)21-10-9-19(2)23(12-21)17-35-16-20(3)41-31-28(42(35,38)39)8-7-11-32-31/h7-14,20,24-25,33H,6,15-18H2,1-5H3,(H,36,37). The minimum absolute atomic E-state index is 0.0379. The molecule has 3 atom stereocenters. The molecule has 42 heavy (non-hydrogen) atoms. The number of ether oxygens (including phenoxy) is 2. The van der Waals surface area contributed by atoms with Crippen LogP contribution in [-0.2, 0) is 21.4 Å². The molecule has 0 saturated carbocycles. The number of hydrogen-bond donors (Lipinski definition) is 2. The third-order valence-electron chi connectivity index (χ3n) is 8.08. The molecule has 5 rings (SSSR count). The number of carbonyl (C=O) groups is 1. The van der Waals surface area contributed by atoms with E-state index in [0.717, 1.165) is 46.6 Å². The number of likely N-dealkylation sites (N-methyl/N-ethyl adjacent to an activating group) is 1. The number of pyridine rings is 1. The summed E-state index contributed by atoms with van der Waals surface area (Å²) in [6.07, 6.45) is 1.92. The van der Waals surface area contributed by atoms with Crippen molar-refractivity contribution in [3.63, 3.8) is 0 Å². The lowest BCUT2D eigenvalue weighted by atomic mass is 9.86. The van der Waals surface area contributed by atoms with Gasteiger partial charge < -0.3 is 24.8 Å². The van der Waals surface area contributed by atoms with Crippen molar-refractivity contribution in [3.8, 4) is 11.6 Å². The molecule has 2 aliphatic heterocycles. The first kappa shape index (κ1) is 29.7. The lowest BCUT2D eigenvalue weighted by Crippen LogP contribution is -2.39. The summed E-state index contributed by atoms with van der Waals surface area (Å²) in [7, 11) is -0.231. The van der Waals surface area contributed by atoms with Gasteiger partial charge in [-0.3, -0.25) is 4.79 Å². The van der Waals surface area contributed by atoms with Gasteiger partial charge in [0.1, 0.15) is 22.4 Å². The summed E-state index contributed by atoms with van der Waals surface area (Å²) in [5, 5.41) is 13.5. The molecular weight excluding hydrogens is 556 g/mol. The highest BCUT2D eigenvalue weighted by Gasteiger charge is 2.35. The van der Waals surface area contributed by atoms with E-state index >= 15 is 0 Å². The highest BCUT2D eigenvalue weighted by atomic mass is 32.2. The van der Waals surface area contributed by atoms with E-state index in [0.29, 0.717) is 5.75 Å². The lowest BCUT2D eigenvalue weighted by Gasteiger charge is -2.36. The van der Waals surface area contributed by atoms with E-state index in [4.69, 9.17) is 9.47 Å². The Bertz CT molecular complexity index is 1590. The Morgan fingerprint density at radius 3 is 2.71 bits per heavy atom. The van der Waals surface area contributed by atoms with E-state index in [9.17, 15) is 18.3 Å². The number of hydrogen-bond acceptors (Lipinski definition) is 8. The molecule has 2 aliphatic rings. The largest absolute Gasteiger partial charge is 0.494 e. The van der Waals surface area contributed by atoms with E-state index in [1.54, 1.807) is 13.2 Å². The summed E-state index contributed by atoms with van der Waals surface area (Å²) < 4.78 is 40.3. The van der Waals surface area contributed by atoms with Gasteiger partial charge in [0.15, 0.2) is 0 Å². The molecule has 224 valence electrons. The van der Waals surface area contributed by atoms with Gasteiger partial charge in [-0.1, -0.05) is 25.1 Å². The van der Waals surface area contributed by atoms with Gasteiger partial charge in [0, 0.05) is 38.3 Å². The van der Waals surface area contributed by atoms with Gasteiger partial charge in [-0.05, 0) is 66.8 Å². The molecule has 0 amide bonds. The smallest absolute Gasteiger partial charge is 0.304 e. The SMILES string of the molecule is CCC1CN(C)c2c(cc(C(CC(=O)O)c3ccc(C)c(CN4CC(C)Oc5ncccc5S4(=O)=O)c3)cc2OC)N1. The Morgan fingerprint density at radius 2 is 2.00 bits per heavy atom. The predicted octanol–water partition coefficient (Wildman–Crippen LogP) is 4.62. The highest BCUT2D eigenvalue weighted by Crippen LogP contribution is 2.43. The van der Waals surface area contributed by atoms with Gasteiger partial charge in [-0.15, -0.1) is 0 Å². The molecule has 1 aromatic heterocycles. The zero-order valence-corrected chi connectivity index (χ0v) is 25.4. The van der Waals surface area contributed by atoms with Crippen LogP contribution in [0.2, 0.25) is 0 Å². The molecule has 0 aliphatic carbocycles. The molecular formula is C31H38N4O6S. The van der Waals surface area contributed by atoms with E-state index < -0.39 is 28.0 Å². The third kappa shape index (κ3) is 5.76. The Balaban J connectivity index is 1.55. The van der Waals surface area contributed by atoms with Gasteiger partial charge in [-0.2, -0.15) is 4.31 Å². The van der Waals surface area contributed by atoms with Crippen molar-refractivity contribution in [2.24, 2.45) is 0 Å². The zero-order chi connectivity index (χ0) is 30.2. The Kier molecular flexibility index (Phi) is 8.34. The third-order valence-corrected chi connectivity index (χ3v) is 9.90. The number of methoxy groups -OCH3 is 1. The second kappa shape index (κ2) is 11.8. The number of sulfonamides is 1. The average molecular weight is 595 g/mol. The first-order valence-electron chi connectivity index (χ1n) is 14.1. The van der Waals surface area contributed by atoms with Crippen LogP contribution in [0.4, 0.5) is 11.4 Å². The van der Waals surface area contributed by atoms with Crippen LogP contribution in [0.3, 0.4) is 0 Å². The molecule has 3 heterocycles. The molecule has 11 heteroatoms. The van der Waals surface area contributed by atoms with E-state index in [2.05, 4.69) is 22.1 Å². The molecule has 0 fully saturated rings.